The van der Waals surface area contributed by atoms with E-state index in [2.05, 4.69) is 42.2 Å². The van der Waals surface area contributed by atoms with Gasteiger partial charge in [0.15, 0.2) is 0 Å². The third-order valence-electron chi connectivity index (χ3n) is 2.60. The summed E-state index contributed by atoms with van der Waals surface area (Å²) in [7, 11) is 0. The maximum absolute atomic E-state index is 11.8. The maximum atomic E-state index is 11.8. The summed E-state index contributed by atoms with van der Waals surface area (Å²) in [4.78, 5) is 14.6. The molecule has 2 rings (SSSR count). The van der Waals surface area contributed by atoms with Crippen LogP contribution in [0.4, 0.5) is 0 Å². The quantitative estimate of drug-likeness (QED) is 0.754. The Labute approximate surface area is 127 Å². The summed E-state index contributed by atoms with van der Waals surface area (Å²) in [5.74, 6) is -0.248. The summed E-state index contributed by atoms with van der Waals surface area (Å²) < 4.78 is 1.76. The van der Waals surface area contributed by atoms with E-state index in [1.165, 1.54) is 0 Å². The number of carbonyl (C=O) groups excluding carboxylic acids is 1. The van der Waals surface area contributed by atoms with Gasteiger partial charge in [-0.1, -0.05) is 28.1 Å². The molecule has 0 spiro atoms. The molecule has 2 aromatic rings. The van der Waals surface area contributed by atoms with Gasteiger partial charge in [-0.25, -0.2) is 0 Å². The number of carbonyl (C=O) groups is 1. The van der Waals surface area contributed by atoms with Gasteiger partial charge in [0.2, 0.25) is 0 Å². The van der Waals surface area contributed by atoms with Crippen molar-refractivity contribution in [2.24, 2.45) is 0 Å². The van der Waals surface area contributed by atoms with E-state index in [-0.39, 0.29) is 12.5 Å². The van der Waals surface area contributed by atoms with Crippen molar-refractivity contribution >= 4 is 37.8 Å². The molecule has 0 saturated heterocycles. The monoisotopic (exact) mass is 386 g/mol. The lowest BCUT2D eigenvalue weighted by molar-refractivity contribution is 0.0912. The van der Waals surface area contributed by atoms with E-state index < -0.39 is 6.10 Å². The first-order valence-electron chi connectivity index (χ1n) is 5.62. The molecule has 0 fully saturated rings. The van der Waals surface area contributed by atoms with E-state index >= 15 is 0 Å². The molecule has 1 atom stereocenters. The van der Waals surface area contributed by atoms with Gasteiger partial charge < -0.3 is 15.4 Å². The van der Waals surface area contributed by atoms with E-state index in [0.717, 1.165) is 14.5 Å². The molecule has 1 unspecified atom stereocenters. The molecule has 3 N–H and O–H groups in total. The SMILES string of the molecule is O=C(NCC(O)c1ccc(Br)cc1)c1cc(Br)c[nH]1. The lowest BCUT2D eigenvalue weighted by atomic mass is 10.1. The molecule has 0 bridgehead atoms. The Balaban J connectivity index is 1.91. The van der Waals surface area contributed by atoms with E-state index in [1.54, 1.807) is 12.3 Å². The minimum Gasteiger partial charge on any atom is -0.387 e. The van der Waals surface area contributed by atoms with Crippen LogP contribution >= 0.6 is 31.9 Å². The fourth-order valence-electron chi connectivity index (χ4n) is 1.59. The number of nitrogens with one attached hydrogen (secondary N) is 2. The van der Waals surface area contributed by atoms with Crippen LogP contribution < -0.4 is 5.32 Å². The van der Waals surface area contributed by atoms with Crippen molar-refractivity contribution < 1.29 is 9.90 Å². The van der Waals surface area contributed by atoms with E-state index in [1.807, 2.05) is 24.3 Å². The zero-order chi connectivity index (χ0) is 13.8. The molecule has 1 aromatic carbocycles. The molecule has 100 valence electrons. The third-order valence-corrected chi connectivity index (χ3v) is 3.59. The zero-order valence-electron chi connectivity index (χ0n) is 9.86. The van der Waals surface area contributed by atoms with Crippen molar-refractivity contribution in [1.82, 2.24) is 10.3 Å². The summed E-state index contributed by atoms with van der Waals surface area (Å²) in [6, 6.07) is 9.00. The molecule has 19 heavy (non-hydrogen) atoms. The zero-order valence-corrected chi connectivity index (χ0v) is 13.0. The molecule has 0 radical (unpaired) electrons. The van der Waals surface area contributed by atoms with Crippen LogP contribution in [0.3, 0.4) is 0 Å². The molecule has 1 aromatic heterocycles. The molecule has 4 nitrogen and oxygen atoms in total. The number of amides is 1. The van der Waals surface area contributed by atoms with E-state index in [0.29, 0.717) is 5.69 Å². The predicted molar refractivity (Wildman–Crippen MR) is 79.9 cm³/mol. The Kier molecular flexibility index (Phi) is 4.79. The van der Waals surface area contributed by atoms with Crippen LogP contribution in [0.5, 0.6) is 0 Å². The van der Waals surface area contributed by atoms with Gasteiger partial charge in [-0.15, -0.1) is 0 Å². The van der Waals surface area contributed by atoms with Crippen LogP contribution in [0, 0.1) is 0 Å². The van der Waals surface area contributed by atoms with Crippen molar-refractivity contribution in [3.05, 3.63) is 56.7 Å². The third kappa shape index (κ3) is 3.92. The molecular formula is C13H12Br2N2O2. The van der Waals surface area contributed by atoms with Crippen molar-refractivity contribution in [1.29, 1.82) is 0 Å². The summed E-state index contributed by atoms with van der Waals surface area (Å²) >= 11 is 6.59. The van der Waals surface area contributed by atoms with Crippen molar-refractivity contribution in [2.45, 2.75) is 6.10 Å². The molecule has 0 saturated carbocycles. The highest BCUT2D eigenvalue weighted by atomic mass is 79.9. The minimum absolute atomic E-state index is 0.164. The van der Waals surface area contributed by atoms with Gasteiger partial charge in [-0.05, 0) is 39.7 Å². The van der Waals surface area contributed by atoms with Crippen molar-refractivity contribution in [3.63, 3.8) is 0 Å². The molecule has 0 aliphatic rings. The minimum atomic E-state index is -0.726. The highest BCUT2D eigenvalue weighted by Crippen LogP contribution is 2.16. The number of hydrogen-bond donors (Lipinski definition) is 3. The molecule has 1 heterocycles. The number of aliphatic hydroxyl groups excluding tert-OH is 1. The number of aromatic amines is 1. The van der Waals surface area contributed by atoms with Crippen molar-refractivity contribution in [3.8, 4) is 0 Å². The summed E-state index contributed by atoms with van der Waals surface area (Å²) in [6.07, 6.45) is 0.954. The largest absolute Gasteiger partial charge is 0.387 e. The van der Waals surface area contributed by atoms with Gasteiger partial charge >= 0.3 is 0 Å². The molecular weight excluding hydrogens is 376 g/mol. The van der Waals surface area contributed by atoms with E-state index in [4.69, 9.17) is 0 Å². The molecule has 0 aliphatic carbocycles. The van der Waals surface area contributed by atoms with Gasteiger partial charge in [-0.3, -0.25) is 4.79 Å². The Morgan fingerprint density at radius 2 is 1.95 bits per heavy atom. The average Bonchev–Trinajstić information content (AvgIpc) is 2.83. The fraction of sp³-hybridized carbons (Fsp3) is 0.154. The van der Waals surface area contributed by atoms with Crippen molar-refractivity contribution in [2.75, 3.05) is 6.54 Å². The number of halogens is 2. The standard InChI is InChI=1S/C13H12Br2N2O2/c14-9-3-1-8(2-4-9)12(18)7-17-13(19)11-5-10(15)6-16-11/h1-6,12,16,18H,7H2,(H,17,19). The number of benzene rings is 1. The van der Waals surface area contributed by atoms with Gasteiger partial charge in [0.1, 0.15) is 5.69 Å². The molecule has 0 aliphatic heterocycles. The first kappa shape index (κ1) is 14.3. The van der Waals surface area contributed by atoms with Gasteiger partial charge in [0.25, 0.3) is 5.91 Å². The van der Waals surface area contributed by atoms with Crippen LogP contribution in [0.2, 0.25) is 0 Å². The number of aliphatic hydroxyl groups is 1. The number of rotatable bonds is 4. The van der Waals surface area contributed by atoms with Crippen LogP contribution in [0.15, 0.2) is 45.5 Å². The fourth-order valence-corrected chi connectivity index (χ4v) is 2.19. The highest BCUT2D eigenvalue weighted by molar-refractivity contribution is 9.10. The lowest BCUT2D eigenvalue weighted by Crippen LogP contribution is -2.28. The molecule has 6 heteroatoms. The second-order valence-corrected chi connectivity index (χ2v) is 5.84. The summed E-state index contributed by atoms with van der Waals surface area (Å²) in [5, 5.41) is 12.6. The smallest absolute Gasteiger partial charge is 0.267 e. The van der Waals surface area contributed by atoms with Crippen LogP contribution in [0.1, 0.15) is 22.2 Å². The normalized spacial score (nSPS) is 12.2. The Hall–Kier alpha value is -1.11. The number of aromatic nitrogens is 1. The van der Waals surface area contributed by atoms with Gasteiger partial charge in [0.05, 0.1) is 6.10 Å². The topological polar surface area (TPSA) is 65.1 Å². The lowest BCUT2D eigenvalue weighted by Gasteiger charge is -2.11. The van der Waals surface area contributed by atoms with Crippen LogP contribution in [-0.2, 0) is 0 Å². The predicted octanol–water partition coefficient (Wildman–Crippen LogP) is 3.00. The van der Waals surface area contributed by atoms with E-state index in [9.17, 15) is 9.90 Å². The Bertz CT molecular complexity index is 566. The Morgan fingerprint density at radius 1 is 1.26 bits per heavy atom. The number of H-pyrrole nitrogens is 1. The maximum Gasteiger partial charge on any atom is 0.267 e. The Morgan fingerprint density at radius 3 is 2.53 bits per heavy atom. The summed E-state index contributed by atoms with van der Waals surface area (Å²) in [5.41, 5.74) is 1.21. The first-order valence-corrected chi connectivity index (χ1v) is 7.20. The highest BCUT2D eigenvalue weighted by Gasteiger charge is 2.11. The molecule has 1 amide bonds. The van der Waals surface area contributed by atoms with Crippen LogP contribution in [0.25, 0.3) is 0 Å². The van der Waals surface area contributed by atoms with Gasteiger partial charge in [0, 0.05) is 21.7 Å². The second-order valence-electron chi connectivity index (χ2n) is 4.01. The first-order chi connectivity index (χ1) is 9.06. The van der Waals surface area contributed by atoms with Gasteiger partial charge in [-0.2, -0.15) is 0 Å². The van der Waals surface area contributed by atoms with Crippen LogP contribution in [-0.4, -0.2) is 22.5 Å². The second kappa shape index (κ2) is 6.36. The average molecular weight is 388 g/mol. The number of hydrogen-bond acceptors (Lipinski definition) is 2. The summed E-state index contributed by atoms with van der Waals surface area (Å²) in [6.45, 7) is 0.164.